The van der Waals surface area contributed by atoms with Crippen LogP contribution in [-0.4, -0.2) is 33.3 Å². The Morgan fingerprint density at radius 3 is 2.60 bits per heavy atom. The Bertz CT molecular complexity index is 482. The zero-order valence-electron chi connectivity index (χ0n) is 11.7. The molecule has 5 heteroatoms. The predicted molar refractivity (Wildman–Crippen MR) is 79.7 cm³/mol. The molecule has 1 saturated carbocycles. The minimum absolute atomic E-state index is 0.0224. The SMILES string of the molecule is Cc1ccc(C(NC(=O)CS(=O)CCO)C2CC2)cc1. The van der Waals surface area contributed by atoms with Gasteiger partial charge in [0, 0.05) is 16.6 Å². The summed E-state index contributed by atoms with van der Waals surface area (Å²) < 4.78 is 11.5. The zero-order valence-corrected chi connectivity index (χ0v) is 12.5. The summed E-state index contributed by atoms with van der Waals surface area (Å²) in [5.41, 5.74) is 2.30. The van der Waals surface area contributed by atoms with Gasteiger partial charge in [0.1, 0.15) is 5.75 Å². The van der Waals surface area contributed by atoms with Crippen LogP contribution in [0.4, 0.5) is 0 Å². The van der Waals surface area contributed by atoms with E-state index >= 15 is 0 Å². The largest absolute Gasteiger partial charge is 0.395 e. The maximum absolute atomic E-state index is 11.9. The molecular formula is C15H21NO3S. The molecule has 2 unspecified atom stereocenters. The molecule has 1 aliphatic rings. The number of carbonyl (C=O) groups excluding carboxylic acids is 1. The van der Waals surface area contributed by atoms with Crippen LogP contribution in [0.5, 0.6) is 0 Å². The highest BCUT2D eigenvalue weighted by atomic mass is 32.2. The third-order valence-electron chi connectivity index (χ3n) is 3.46. The molecule has 2 N–H and O–H groups in total. The van der Waals surface area contributed by atoms with Crippen molar-refractivity contribution in [3.05, 3.63) is 35.4 Å². The minimum atomic E-state index is -1.28. The minimum Gasteiger partial charge on any atom is -0.395 e. The first-order valence-corrected chi connectivity index (χ1v) is 8.40. The first-order chi connectivity index (χ1) is 9.60. The lowest BCUT2D eigenvalue weighted by atomic mass is 10.0. The summed E-state index contributed by atoms with van der Waals surface area (Å²) in [6.07, 6.45) is 2.25. The summed E-state index contributed by atoms with van der Waals surface area (Å²) >= 11 is 0. The highest BCUT2D eigenvalue weighted by molar-refractivity contribution is 7.85. The number of aryl methyl sites for hydroxylation is 1. The van der Waals surface area contributed by atoms with Crippen molar-refractivity contribution in [1.29, 1.82) is 0 Å². The molecule has 1 amide bonds. The summed E-state index contributed by atoms with van der Waals surface area (Å²) in [6.45, 7) is 1.89. The second-order valence-corrected chi connectivity index (χ2v) is 6.88. The van der Waals surface area contributed by atoms with E-state index in [9.17, 15) is 9.00 Å². The summed E-state index contributed by atoms with van der Waals surface area (Å²) in [5, 5.41) is 11.7. The molecule has 2 atom stereocenters. The molecule has 1 aromatic carbocycles. The number of hydrogen-bond acceptors (Lipinski definition) is 3. The topological polar surface area (TPSA) is 66.4 Å². The highest BCUT2D eigenvalue weighted by Crippen LogP contribution is 2.40. The zero-order chi connectivity index (χ0) is 14.5. The van der Waals surface area contributed by atoms with Gasteiger partial charge >= 0.3 is 0 Å². The summed E-state index contributed by atoms with van der Waals surface area (Å²) in [7, 11) is -1.28. The van der Waals surface area contributed by atoms with E-state index in [1.807, 2.05) is 31.2 Å². The average molecular weight is 295 g/mol. The van der Waals surface area contributed by atoms with Gasteiger partial charge in [-0.1, -0.05) is 29.8 Å². The molecule has 2 rings (SSSR count). The Morgan fingerprint density at radius 1 is 1.40 bits per heavy atom. The molecule has 1 aliphatic carbocycles. The lowest BCUT2D eigenvalue weighted by molar-refractivity contribution is -0.119. The summed E-state index contributed by atoms with van der Waals surface area (Å²) in [5.74, 6) is 0.420. The van der Waals surface area contributed by atoms with E-state index in [2.05, 4.69) is 5.32 Å². The molecule has 20 heavy (non-hydrogen) atoms. The molecule has 110 valence electrons. The maximum atomic E-state index is 11.9. The molecule has 1 aromatic rings. The predicted octanol–water partition coefficient (Wildman–Crippen LogP) is 1.30. The fourth-order valence-corrected chi connectivity index (χ4v) is 2.94. The number of amides is 1. The molecule has 0 aromatic heterocycles. The second kappa shape index (κ2) is 6.99. The molecule has 0 radical (unpaired) electrons. The Labute approximate surface area is 122 Å². The van der Waals surface area contributed by atoms with Crippen LogP contribution in [0.15, 0.2) is 24.3 Å². The molecule has 0 bridgehead atoms. The second-order valence-electron chi connectivity index (χ2n) is 5.31. The molecule has 0 aliphatic heterocycles. The normalized spacial score (nSPS) is 17.5. The number of aliphatic hydroxyl groups excluding tert-OH is 1. The first-order valence-electron chi connectivity index (χ1n) is 6.92. The van der Waals surface area contributed by atoms with Crippen LogP contribution in [-0.2, 0) is 15.6 Å². The van der Waals surface area contributed by atoms with Crippen molar-refractivity contribution in [2.45, 2.75) is 25.8 Å². The van der Waals surface area contributed by atoms with Gasteiger partial charge in [0.05, 0.1) is 12.6 Å². The van der Waals surface area contributed by atoms with Crippen LogP contribution in [0.1, 0.15) is 30.0 Å². The van der Waals surface area contributed by atoms with E-state index < -0.39 is 10.8 Å². The lowest BCUT2D eigenvalue weighted by Crippen LogP contribution is -2.34. The van der Waals surface area contributed by atoms with E-state index in [0.717, 1.165) is 18.4 Å². The monoisotopic (exact) mass is 295 g/mol. The van der Waals surface area contributed by atoms with E-state index in [1.54, 1.807) is 0 Å². The van der Waals surface area contributed by atoms with Gasteiger partial charge in [-0.3, -0.25) is 9.00 Å². The number of aliphatic hydroxyl groups is 1. The fraction of sp³-hybridized carbons (Fsp3) is 0.533. The standard InChI is InChI=1S/C15H21NO3S/c1-11-2-4-12(5-3-11)15(13-6-7-13)16-14(18)10-20(19)9-8-17/h2-5,13,15,17H,6-10H2,1H3,(H,16,18). The van der Waals surface area contributed by atoms with E-state index in [-0.39, 0.29) is 30.1 Å². The van der Waals surface area contributed by atoms with Crippen molar-refractivity contribution >= 4 is 16.7 Å². The quantitative estimate of drug-likeness (QED) is 0.797. The Balaban J connectivity index is 1.97. The van der Waals surface area contributed by atoms with Crippen LogP contribution in [0.25, 0.3) is 0 Å². The van der Waals surface area contributed by atoms with Gasteiger partial charge < -0.3 is 10.4 Å². The number of hydrogen-bond donors (Lipinski definition) is 2. The van der Waals surface area contributed by atoms with Crippen molar-refractivity contribution in [2.75, 3.05) is 18.1 Å². The van der Waals surface area contributed by atoms with Crippen LogP contribution in [0.2, 0.25) is 0 Å². The van der Waals surface area contributed by atoms with Gasteiger partial charge in [-0.15, -0.1) is 0 Å². The Hall–Kier alpha value is -1.20. The third-order valence-corrected chi connectivity index (χ3v) is 4.68. The van der Waals surface area contributed by atoms with Gasteiger partial charge in [-0.05, 0) is 31.2 Å². The summed E-state index contributed by atoms with van der Waals surface area (Å²) in [4.78, 5) is 11.9. The third kappa shape index (κ3) is 4.42. The molecule has 0 heterocycles. The summed E-state index contributed by atoms with van der Waals surface area (Å²) in [6, 6.07) is 8.20. The van der Waals surface area contributed by atoms with Crippen LogP contribution >= 0.6 is 0 Å². The van der Waals surface area contributed by atoms with Crippen molar-refractivity contribution in [1.82, 2.24) is 5.32 Å². The smallest absolute Gasteiger partial charge is 0.233 e. The van der Waals surface area contributed by atoms with E-state index in [0.29, 0.717) is 5.92 Å². The molecule has 4 nitrogen and oxygen atoms in total. The number of rotatable bonds is 7. The fourth-order valence-electron chi connectivity index (χ4n) is 2.21. The van der Waals surface area contributed by atoms with Crippen molar-refractivity contribution < 1.29 is 14.1 Å². The molecule has 1 fully saturated rings. The number of benzene rings is 1. The van der Waals surface area contributed by atoms with Gasteiger partial charge in [0.25, 0.3) is 0 Å². The lowest BCUT2D eigenvalue weighted by Gasteiger charge is -2.19. The van der Waals surface area contributed by atoms with Crippen LogP contribution in [0.3, 0.4) is 0 Å². The molecular weight excluding hydrogens is 274 g/mol. The first kappa shape index (κ1) is 15.2. The van der Waals surface area contributed by atoms with Crippen molar-refractivity contribution in [3.8, 4) is 0 Å². The maximum Gasteiger partial charge on any atom is 0.233 e. The molecule has 0 spiro atoms. The number of nitrogens with one attached hydrogen (secondary N) is 1. The number of carbonyl (C=O) groups is 1. The van der Waals surface area contributed by atoms with Crippen molar-refractivity contribution in [2.24, 2.45) is 5.92 Å². The van der Waals surface area contributed by atoms with Gasteiger partial charge in [0.15, 0.2) is 0 Å². The van der Waals surface area contributed by atoms with Crippen LogP contribution in [0, 0.1) is 12.8 Å². The van der Waals surface area contributed by atoms with Crippen molar-refractivity contribution in [3.63, 3.8) is 0 Å². The van der Waals surface area contributed by atoms with Gasteiger partial charge in [-0.2, -0.15) is 0 Å². The average Bonchev–Trinajstić information content (AvgIpc) is 3.21. The van der Waals surface area contributed by atoms with Gasteiger partial charge in [0.2, 0.25) is 5.91 Å². The van der Waals surface area contributed by atoms with E-state index in [1.165, 1.54) is 5.56 Å². The van der Waals surface area contributed by atoms with Crippen LogP contribution < -0.4 is 5.32 Å². The Morgan fingerprint density at radius 2 is 2.05 bits per heavy atom. The van der Waals surface area contributed by atoms with E-state index in [4.69, 9.17) is 5.11 Å². The Kier molecular flexibility index (Phi) is 5.31. The highest BCUT2D eigenvalue weighted by Gasteiger charge is 2.33. The van der Waals surface area contributed by atoms with Gasteiger partial charge in [-0.25, -0.2) is 0 Å². The molecule has 0 saturated heterocycles.